The molecule has 5 unspecified atom stereocenters. The second-order valence-corrected chi connectivity index (χ2v) is 6.52. The zero-order valence-electron chi connectivity index (χ0n) is 11.6. The van der Waals surface area contributed by atoms with Gasteiger partial charge in [-0.15, -0.1) is 0 Å². The molecule has 1 rings (SSSR count). The third-order valence-electron chi connectivity index (χ3n) is 5.09. The molecule has 0 aromatic heterocycles. The van der Waals surface area contributed by atoms with Crippen molar-refractivity contribution in [2.45, 2.75) is 60.8 Å². The fourth-order valence-electron chi connectivity index (χ4n) is 3.26. The van der Waals surface area contributed by atoms with Crippen molar-refractivity contribution in [1.29, 1.82) is 0 Å². The van der Waals surface area contributed by atoms with Gasteiger partial charge in [0, 0.05) is 0 Å². The molecular weight excluding hydrogens is 180 g/mol. The topological polar surface area (TPSA) is 0 Å². The Bertz CT molecular complexity index is 182. The van der Waals surface area contributed by atoms with Crippen LogP contribution in [0.2, 0.25) is 0 Å². The standard InChI is InChI=1S/C15H30/c1-10(2)7-8-15-9-11(3)12(4)13(5)14(15)6/h10-15H,7-9H2,1-6H3. The molecule has 0 aliphatic heterocycles. The van der Waals surface area contributed by atoms with Gasteiger partial charge in [-0.05, 0) is 48.3 Å². The summed E-state index contributed by atoms with van der Waals surface area (Å²) in [6.07, 6.45) is 4.35. The first-order valence-electron chi connectivity index (χ1n) is 6.93. The van der Waals surface area contributed by atoms with Crippen LogP contribution in [0, 0.1) is 35.5 Å². The summed E-state index contributed by atoms with van der Waals surface area (Å²) in [5.74, 6) is 5.60. The molecule has 1 aliphatic carbocycles. The van der Waals surface area contributed by atoms with Crippen LogP contribution in [0.3, 0.4) is 0 Å². The van der Waals surface area contributed by atoms with Gasteiger partial charge in [0.1, 0.15) is 0 Å². The highest BCUT2D eigenvalue weighted by Crippen LogP contribution is 2.43. The minimum Gasteiger partial charge on any atom is -0.0628 e. The summed E-state index contributed by atoms with van der Waals surface area (Å²) in [6, 6.07) is 0. The Hall–Kier alpha value is 0. The largest absolute Gasteiger partial charge is 0.0628 e. The van der Waals surface area contributed by atoms with Crippen molar-refractivity contribution in [2.24, 2.45) is 35.5 Å². The summed E-state index contributed by atoms with van der Waals surface area (Å²) in [4.78, 5) is 0. The van der Waals surface area contributed by atoms with Gasteiger partial charge in [-0.25, -0.2) is 0 Å². The van der Waals surface area contributed by atoms with Crippen molar-refractivity contribution in [3.8, 4) is 0 Å². The molecule has 0 nitrogen and oxygen atoms in total. The lowest BCUT2D eigenvalue weighted by atomic mass is 9.63. The molecule has 1 fully saturated rings. The maximum Gasteiger partial charge on any atom is -0.0383 e. The number of hydrogen-bond acceptors (Lipinski definition) is 0. The highest BCUT2D eigenvalue weighted by atomic mass is 14.4. The minimum absolute atomic E-state index is 0.877. The first-order chi connectivity index (χ1) is 6.93. The summed E-state index contributed by atoms with van der Waals surface area (Å²) in [5.41, 5.74) is 0. The molecule has 0 heteroatoms. The molecule has 0 heterocycles. The van der Waals surface area contributed by atoms with E-state index in [1.165, 1.54) is 19.3 Å². The van der Waals surface area contributed by atoms with Gasteiger partial charge in [-0.1, -0.05) is 48.0 Å². The fraction of sp³-hybridized carbons (Fsp3) is 1.00. The first kappa shape index (κ1) is 13.1. The van der Waals surface area contributed by atoms with Crippen LogP contribution in [0.25, 0.3) is 0 Å². The third-order valence-corrected chi connectivity index (χ3v) is 5.09. The van der Waals surface area contributed by atoms with Crippen LogP contribution in [-0.4, -0.2) is 0 Å². The molecule has 5 atom stereocenters. The smallest absolute Gasteiger partial charge is 0.0383 e. The van der Waals surface area contributed by atoms with E-state index < -0.39 is 0 Å². The minimum atomic E-state index is 0.877. The van der Waals surface area contributed by atoms with Crippen LogP contribution < -0.4 is 0 Å². The zero-order chi connectivity index (χ0) is 11.6. The Balaban J connectivity index is 2.51. The Morgan fingerprint density at radius 1 is 0.933 bits per heavy atom. The molecule has 15 heavy (non-hydrogen) atoms. The van der Waals surface area contributed by atoms with Gasteiger partial charge in [-0.2, -0.15) is 0 Å². The van der Waals surface area contributed by atoms with Crippen molar-refractivity contribution in [2.75, 3.05) is 0 Å². The Morgan fingerprint density at radius 3 is 2.07 bits per heavy atom. The van der Waals surface area contributed by atoms with Gasteiger partial charge in [-0.3, -0.25) is 0 Å². The molecule has 90 valence electrons. The average molecular weight is 210 g/mol. The molecule has 0 spiro atoms. The summed E-state index contributed by atoms with van der Waals surface area (Å²) < 4.78 is 0. The second-order valence-electron chi connectivity index (χ2n) is 6.52. The van der Waals surface area contributed by atoms with Crippen LogP contribution in [0.15, 0.2) is 0 Å². The van der Waals surface area contributed by atoms with Crippen LogP contribution in [0.4, 0.5) is 0 Å². The normalized spacial score (nSPS) is 42.2. The molecule has 0 amide bonds. The van der Waals surface area contributed by atoms with Gasteiger partial charge >= 0.3 is 0 Å². The van der Waals surface area contributed by atoms with E-state index in [4.69, 9.17) is 0 Å². The molecular formula is C15H30. The van der Waals surface area contributed by atoms with E-state index in [1.807, 2.05) is 0 Å². The summed E-state index contributed by atoms with van der Waals surface area (Å²) in [7, 11) is 0. The number of rotatable bonds is 3. The van der Waals surface area contributed by atoms with Crippen LogP contribution in [-0.2, 0) is 0 Å². The average Bonchev–Trinajstić information content (AvgIpc) is 2.18. The first-order valence-corrected chi connectivity index (χ1v) is 6.93. The van der Waals surface area contributed by atoms with E-state index in [9.17, 15) is 0 Å². The van der Waals surface area contributed by atoms with E-state index in [-0.39, 0.29) is 0 Å². The van der Waals surface area contributed by atoms with Crippen molar-refractivity contribution < 1.29 is 0 Å². The van der Waals surface area contributed by atoms with Crippen molar-refractivity contribution in [3.05, 3.63) is 0 Å². The van der Waals surface area contributed by atoms with E-state index in [0.29, 0.717) is 0 Å². The van der Waals surface area contributed by atoms with Crippen LogP contribution >= 0.6 is 0 Å². The molecule has 1 aliphatic rings. The lowest BCUT2D eigenvalue weighted by Crippen LogP contribution is -2.35. The van der Waals surface area contributed by atoms with E-state index in [1.54, 1.807) is 0 Å². The Morgan fingerprint density at radius 2 is 1.53 bits per heavy atom. The van der Waals surface area contributed by atoms with Crippen molar-refractivity contribution in [3.63, 3.8) is 0 Å². The van der Waals surface area contributed by atoms with Gasteiger partial charge in [0.25, 0.3) is 0 Å². The van der Waals surface area contributed by atoms with Gasteiger partial charge in [0.2, 0.25) is 0 Å². The quantitative estimate of drug-likeness (QED) is 0.616. The van der Waals surface area contributed by atoms with E-state index in [2.05, 4.69) is 41.5 Å². The molecule has 0 N–H and O–H groups in total. The maximum absolute atomic E-state index is 2.48. The van der Waals surface area contributed by atoms with Gasteiger partial charge < -0.3 is 0 Å². The van der Waals surface area contributed by atoms with Crippen molar-refractivity contribution in [1.82, 2.24) is 0 Å². The molecule has 0 saturated heterocycles. The predicted octanol–water partition coefficient (Wildman–Crippen LogP) is 4.99. The maximum atomic E-state index is 2.48. The summed E-state index contributed by atoms with van der Waals surface area (Å²) in [6.45, 7) is 14.6. The zero-order valence-corrected chi connectivity index (χ0v) is 11.6. The second kappa shape index (κ2) is 5.37. The summed E-state index contributed by atoms with van der Waals surface area (Å²) >= 11 is 0. The van der Waals surface area contributed by atoms with Gasteiger partial charge in [0.05, 0.1) is 0 Å². The Labute approximate surface area is 96.8 Å². The molecule has 0 radical (unpaired) electrons. The fourth-order valence-corrected chi connectivity index (χ4v) is 3.26. The molecule has 0 aromatic rings. The van der Waals surface area contributed by atoms with Crippen LogP contribution in [0.5, 0.6) is 0 Å². The van der Waals surface area contributed by atoms with E-state index >= 15 is 0 Å². The SMILES string of the molecule is CC(C)CCC1CC(C)C(C)C(C)C1C. The molecule has 1 saturated carbocycles. The number of hydrogen-bond donors (Lipinski definition) is 0. The van der Waals surface area contributed by atoms with Crippen LogP contribution in [0.1, 0.15) is 60.8 Å². The molecule has 0 aromatic carbocycles. The highest BCUT2D eigenvalue weighted by Gasteiger charge is 2.35. The van der Waals surface area contributed by atoms with Crippen molar-refractivity contribution >= 4 is 0 Å². The van der Waals surface area contributed by atoms with Gasteiger partial charge in [0.15, 0.2) is 0 Å². The third kappa shape index (κ3) is 3.23. The van der Waals surface area contributed by atoms with E-state index in [0.717, 1.165) is 35.5 Å². The predicted molar refractivity (Wildman–Crippen MR) is 68.8 cm³/mol. The Kier molecular flexibility index (Phi) is 4.67. The lowest BCUT2D eigenvalue weighted by molar-refractivity contribution is 0.0680. The highest BCUT2D eigenvalue weighted by molar-refractivity contribution is 4.84. The summed E-state index contributed by atoms with van der Waals surface area (Å²) in [5, 5.41) is 0. The monoisotopic (exact) mass is 210 g/mol. The molecule has 0 bridgehead atoms. The lowest BCUT2D eigenvalue weighted by Gasteiger charge is -2.43.